The second-order valence-electron chi connectivity index (χ2n) is 4.93. The van der Waals surface area contributed by atoms with Gasteiger partial charge in [0.1, 0.15) is 6.61 Å². The first kappa shape index (κ1) is 15.9. The Kier molecular flexibility index (Phi) is 5.26. The lowest BCUT2D eigenvalue weighted by Crippen LogP contribution is -2.03. The van der Waals surface area contributed by atoms with Crippen LogP contribution in [0.15, 0.2) is 34.8 Å². The van der Waals surface area contributed by atoms with E-state index in [2.05, 4.69) is 41.9 Å². The van der Waals surface area contributed by atoms with Crippen LogP contribution in [-0.4, -0.2) is 12.2 Å². The van der Waals surface area contributed by atoms with E-state index >= 15 is 0 Å². The van der Waals surface area contributed by atoms with E-state index in [4.69, 9.17) is 9.47 Å². The number of aliphatic hydroxyl groups excluding tert-OH is 1. The third-order valence-corrected chi connectivity index (χ3v) is 4.07. The van der Waals surface area contributed by atoms with Gasteiger partial charge in [0.15, 0.2) is 11.5 Å². The zero-order chi connectivity index (χ0) is 15.4. The van der Waals surface area contributed by atoms with Crippen molar-refractivity contribution in [3.63, 3.8) is 0 Å². The summed E-state index contributed by atoms with van der Waals surface area (Å²) in [5.41, 5.74) is 4.37. The molecule has 0 saturated heterocycles. The molecule has 0 heterocycles. The highest BCUT2D eigenvalue weighted by atomic mass is 79.9. The zero-order valence-electron chi connectivity index (χ0n) is 12.4. The Hall–Kier alpha value is -1.52. The maximum atomic E-state index is 9.24. The monoisotopic (exact) mass is 350 g/mol. The molecule has 4 heteroatoms. The van der Waals surface area contributed by atoms with Crippen molar-refractivity contribution in [2.45, 2.75) is 27.1 Å². The van der Waals surface area contributed by atoms with Gasteiger partial charge in [-0.15, -0.1) is 0 Å². The van der Waals surface area contributed by atoms with Crippen LogP contribution in [-0.2, 0) is 13.2 Å². The number of ether oxygens (including phenoxy) is 2. The standard InChI is InChI=1S/C17H19BrO3/c1-11-5-4-6-12(2)14(11)10-21-17-15(18)7-13(9-19)8-16(17)20-3/h4-8,19H,9-10H2,1-3H3. The minimum absolute atomic E-state index is 0.0356. The van der Waals surface area contributed by atoms with E-state index in [0.717, 1.165) is 10.0 Å². The van der Waals surface area contributed by atoms with E-state index in [0.29, 0.717) is 18.1 Å². The molecule has 3 nitrogen and oxygen atoms in total. The predicted molar refractivity (Wildman–Crippen MR) is 86.9 cm³/mol. The lowest BCUT2D eigenvalue weighted by molar-refractivity contribution is 0.272. The number of aryl methyl sites for hydroxylation is 2. The molecular weight excluding hydrogens is 332 g/mol. The van der Waals surface area contributed by atoms with Crippen LogP contribution < -0.4 is 9.47 Å². The van der Waals surface area contributed by atoms with E-state index < -0.39 is 0 Å². The van der Waals surface area contributed by atoms with E-state index in [1.54, 1.807) is 13.2 Å². The summed E-state index contributed by atoms with van der Waals surface area (Å²) in [5.74, 6) is 1.26. The molecule has 0 saturated carbocycles. The zero-order valence-corrected chi connectivity index (χ0v) is 14.0. The molecule has 1 N–H and O–H groups in total. The Morgan fingerprint density at radius 2 is 1.81 bits per heavy atom. The van der Waals surface area contributed by atoms with Crippen LogP contribution in [0.1, 0.15) is 22.3 Å². The Labute approximate surface area is 133 Å². The minimum atomic E-state index is -0.0356. The quantitative estimate of drug-likeness (QED) is 0.880. The van der Waals surface area contributed by atoms with E-state index in [9.17, 15) is 5.11 Å². The second-order valence-corrected chi connectivity index (χ2v) is 5.78. The molecule has 0 spiro atoms. The molecule has 112 valence electrons. The SMILES string of the molecule is COc1cc(CO)cc(Br)c1OCc1c(C)cccc1C. The van der Waals surface area contributed by atoms with E-state index in [-0.39, 0.29) is 6.61 Å². The number of aliphatic hydroxyl groups is 1. The summed E-state index contributed by atoms with van der Waals surface area (Å²) >= 11 is 3.47. The van der Waals surface area contributed by atoms with Crippen molar-refractivity contribution in [2.75, 3.05) is 7.11 Å². The number of methoxy groups -OCH3 is 1. The highest BCUT2D eigenvalue weighted by Gasteiger charge is 2.13. The smallest absolute Gasteiger partial charge is 0.175 e. The number of halogens is 1. The molecule has 0 amide bonds. The van der Waals surface area contributed by atoms with Gasteiger partial charge in [0, 0.05) is 0 Å². The van der Waals surface area contributed by atoms with Gasteiger partial charge in [-0.05, 0) is 64.2 Å². The first-order valence-corrected chi connectivity index (χ1v) is 7.51. The van der Waals surface area contributed by atoms with E-state index in [1.165, 1.54) is 16.7 Å². The van der Waals surface area contributed by atoms with Crippen LogP contribution in [0.4, 0.5) is 0 Å². The summed E-state index contributed by atoms with van der Waals surface area (Å²) in [6.45, 7) is 4.59. The summed E-state index contributed by atoms with van der Waals surface area (Å²) in [7, 11) is 1.59. The predicted octanol–water partition coefficient (Wildman–Crippen LogP) is 4.15. The van der Waals surface area contributed by atoms with Crippen LogP contribution >= 0.6 is 15.9 Å². The van der Waals surface area contributed by atoms with Crippen LogP contribution in [0.25, 0.3) is 0 Å². The van der Waals surface area contributed by atoms with Gasteiger partial charge in [0.2, 0.25) is 0 Å². The summed E-state index contributed by atoms with van der Waals surface area (Å²) < 4.78 is 12.1. The first-order valence-electron chi connectivity index (χ1n) is 6.72. The van der Waals surface area contributed by atoms with Crippen LogP contribution in [0, 0.1) is 13.8 Å². The van der Waals surface area contributed by atoms with Crippen LogP contribution in [0.5, 0.6) is 11.5 Å². The molecule has 0 aromatic heterocycles. The summed E-state index contributed by atoms with van der Waals surface area (Å²) in [4.78, 5) is 0. The van der Waals surface area contributed by atoms with Gasteiger partial charge in [0.05, 0.1) is 18.2 Å². The fraction of sp³-hybridized carbons (Fsp3) is 0.294. The number of rotatable bonds is 5. The molecule has 0 atom stereocenters. The van der Waals surface area contributed by atoms with Crippen molar-refractivity contribution >= 4 is 15.9 Å². The largest absolute Gasteiger partial charge is 0.493 e. The molecule has 0 aliphatic rings. The number of benzene rings is 2. The van der Waals surface area contributed by atoms with Gasteiger partial charge in [-0.3, -0.25) is 0 Å². The molecule has 0 aliphatic carbocycles. The Morgan fingerprint density at radius 3 is 2.38 bits per heavy atom. The van der Waals surface area contributed by atoms with Gasteiger partial charge < -0.3 is 14.6 Å². The van der Waals surface area contributed by atoms with E-state index in [1.807, 2.05) is 12.1 Å². The number of hydrogen-bond donors (Lipinski definition) is 1. The maximum absolute atomic E-state index is 9.24. The molecule has 0 bridgehead atoms. The lowest BCUT2D eigenvalue weighted by atomic mass is 10.0. The molecule has 2 aromatic carbocycles. The summed E-state index contributed by atoms with van der Waals surface area (Å²) in [6.07, 6.45) is 0. The van der Waals surface area contributed by atoms with Gasteiger partial charge in [-0.25, -0.2) is 0 Å². The molecule has 0 radical (unpaired) electrons. The summed E-state index contributed by atoms with van der Waals surface area (Å²) in [6, 6.07) is 9.81. The van der Waals surface area contributed by atoms with Crippen molar-refractivity contribution in [1.29, 1.82) is 0 Å². The first-order chi connectivity index (χ1) is 10.1. The lowest BCUT2D eigenvalue weighted by Gasteiger charge is -2.16. The average molecular weight is 351 g/mol. The summed E-state index contributed by atoms with van der Waals surface area (Å²) in [5, 5.41) is 9.24. The topological polar surface area (TPSA) is 38.7 Å². The van der Waals surface area contributed by atoms with Crippen LogP contribution in [0.3, 0.4) is 0 Å². The molecule has 21 heavy (non-hydrogen) atoms. The average Bonchev–Trinajstić information content (AvgIpc) is 2.47. The molecular formula is C17H19BrO3. The third-order valence-electron chi connectivity index (χ3n) is 3.48. The highest BCUT2D eigenvalue weighted by Crippen LogP contribution is 2.37. The molecule has 0 unspecified atom stereocenters. The fourth-order valence-corrected chi connectivity index (χ4v) is 2.83. The Bertz CT molecular complexity index is 618. The Balaban J connectivity index is 2.28. The molecule has 0 aliphatic heterocycles. The van der Waals surface area contributed by atoms with Gasteiger partial charge in [-0.2, -0.15) is 0 Å². The van der Waals surface area contributed by atoms with Crippen LogP contribution in [0.2, 0.25) is 0 Å². The molecule has 2 rings (SSSR count). The molecule has 0 fully saturated rings. The van der Waals surface area contributed by atoms with Crippen molar-refractivity contribution in [2.24, 2.45) is 0 Å². The van der Waals surface area contributed by atoms with Gasteiger partial charge >= 0.3 is 0 Å². The Morgan fingerprint density at radius 1 is 1.14 bits per heavy atom. The van der Waals surface area contributed by atoms with Gasteiger partial charge in [0.25, 0.3) is 0 Å². The van der Waals surface area contributed by atoms with Crippen molar-refractivity contribution in [3.05, 3.63) is 57.1 Å². The third kappa shape index (κ3) is 3.57. The maximum Gasteiger partial charge on any atom is 0.175 e. The van der Waals surface area contributed by atoms with Crippen molar-refractivity contribution in [3.8, 4) is 11.5 Å². The normalized spacial score (nSPS) is 10.5. The highest BCUT2D eigenvalue weighted by molar-refractivity contribution is 9.10. The van der Waals surface area contributed by atoms with Gasteiger partial charge in [-0.1, -0.05) is 18.2 Å². The second kappa shape index (κ2) is 6.96. The fourth-order valence-electron chi connectivity index (χ4n) is 2.23. The number of hydrogen-bond acceptors (Lipinski definition) is 3. The minimum Gasteiger partial charge on any atom is -0.493 e. The molecule has 2 aromatic rings. The van der Waals surface area contributed by atoms with Crippen molar-refractivity contribution < 1.29 is 14.6 Å². The van der Waals surface area contributed by atoms with Crippen molar-refractivity contribution in [1.82, 2.24) is 0 Å².